The minimum atomic E-state index is -0.369. The Hall–Kier alpha value is -1.71. The fourth-order valence-electron chi connectivity index (χ4n) is 1.01. The number of ether oxygens (including phenoxy) is 1. The van der Waals surface area contributed by atoms with Gasteiger partial charge in [0.2, 0.25) is 0 Å². The summed E-state index contributed by atoms with van der Waals surface area (Å²) in [5, 5.41) is 3.23. The molecule has 0 spiro atoms. The molecule has 0 radical (unpaired) electrons. The van der Waals surface area contributed by atoms with E-state index in [9.17, 15) is 4.79 Å². The molecule has 0 bridgehead atoms. The zero-order valence-corrected chi connectivity index (χ0v) is 7.28. The summed E-state index contributed by atoms with van der Waals surface area (Å²) in [5.74, 6) is -0.369. The van der Waals surface area contributed by atoms with Gasteiger partial charge >= 0.3 is 5.97 Å². The molecule has 68 valence electrons. The number of esters is 1. The average Bonchev–Trinajstić information content (AvgIpc) is 2.18. The van der Waals surface area contributed by atoms with Crippen molar-refractivity contribution in [2.24, 2.45) is 5.11 Å². The largest absolute Gasteiger partial charge is 0.465 e. The molecule has 0 atom stereocenters. The SMILES string of the molecule is COC(=O)c1cccc(CN=N)c1. The van der Waals surface area contributed by atoms with Gasteiger partial charge in [-0.15, -0.1) is 0 Å². The average molecular weight is 178 g/mol. The third-order valence-corrected chi connectivity index (χ3v) is 1.61. The van der Waals surface area contributed by atoms with E-state index in [-0.39, 0.29) is 5.97 Å². The lowest BCUT2D eigenvalue weighted by atomic mass is 10.1. The maximum atomic E-state index is 11.1. The Labute approximate surface area is 76.0 Å². The van der Waals surface area contributed by atoms with Gasteiger partial charge in [0.25, 0.3) is 0 Å². The van der Waals surface area contributed by atoms with Crippen LogP contribution in [0.5, 0.6) is 0 Å². The van der Waals surface area contributed by atoms with Crippen LogP contribution in [0.2, 0.25) is 0 Å². The van der Waals surface area contributed by atoms with Crippen molar-refractivity contribution in [1.29, 1.82) is 5.53 Å². The highest BCUT2D eigenvalue weighted by Gasteiger charge is 2.04. The third-order valence-electron chi connectivity index (χ3n) is 1.61. The minimum Gasteiger partial charge on any atom is -0.465 e. The molecule has 0 aliphatic rings. The van der Waals surface area contributed by atoms with Crippen molar-refractivity contribution in [3.8, 4) is 0 Å². The molecular weight excluding hydrogens is 168 g/mol. The van der Waals surface area contributed by atoms with Crippen LogP contribution in [0.15, 0.2) is 29.4 Å². The van der Waals surface area contributed by atoms with E-state index in [4.69, 9.17) is 5.53 Å². The number of methoxy groups -OCH3 is 1. The predicted octanol–water partition coefficient (Wildman–Crippen LogP) is 2.00. The highest BCUT2D eigenvalue weighted by Crippen LogP contribution is 2.07. The van der Waals surface area contributed by atoms with Gasteiger partial charge in [0.1, 0.15) is 0 Å². The van der Waals surface area contributed by atoms with E-state index in [0.717, 1.165) is 5.56 Å². The number of carbonyl (C=O) groups excluding carboxylic acids is 1. The molecule has 0 saturated carbocycles. The summed E-state index contributed by atoms with van der Waals surface area (Å²) in [6, 6.07) is 6.89. The summed E-state index contributed by atoms with van der Waals surface area (Å²) in [7, 11) is 1.34. The van der Waals surface area contributed by atoms with Crippen LogP contribution in [0.4, 0.5) is 0 Å². The van der Waals surface area contributed by atoms with Crippen LogP contribution < -0.4 is 0 Å². The Balaban J connectivity index is 2.90. The van der Waals surface area contributed by atoms with Gasteiger partial charge in [-0.05, 0) is 17.7 Å². The van der Waals surface area contributed by atoms with Crippen LogP contribution in [0.3, 0.4) is 0 Å². The monoisotopic (exact) mass is 178 g/mol. The second kappa shape index (κ2) is 4.35. The Morgan fingerprint density at radius 3 is 3.00 bits per heavy atom. The minimum absolute atomic E-state index is 0.296. The number of nitrogens with zero attached hydrogens (tertiary/aromatic N) is 1. The van der Waals surface area contributed by atoms with Gasteiger partial charge in [-0.3, -0.25) is 0 Å². The van der Waals surface area contributed by atoms with E-state index >= 15 is 0 Å². The molecule has 0 aliphatic heterocycles. The first kappa shape index (κ1) is 9.38. The predicted molar refractivity (Wildman–Crippen MR) is 46.6 cm³/mol. The molecule has 1 aromatic rings. The van der Waals surface area contributed by atoms with E-state index < -0.39 is 0 Å². The van der Waals surface area contributed by atoms with Gasteiger partial charge in [0.15, 0.2) is 0 Å². The quantitative estimate of drug-likeness (QED) is 0.568. The highest BCUT2D eigenvalue weighted by molar-refractivity contribution is 5.89. The summed E-state index contributed by atoms with van der Waals surface area (Å²) in [5.41, 5.74) is 7.99. The van der Waals surface area contributed by atoms with Gasteiger partial charge in [0, 0.05) is 0 Å². The molecular formula is C9H10N2O2. The van der Waals surface area contributed by atoms with Crippen LogP contribution >= 0.6 is 0 Å². The Morgan fingerprint density at radius 2 is 2.38 bits per heavy atom. The van der Waals surface area contributed by atoms with Crippen molar-refractivity contribution in [1.82, 2.24) is 0 Å². The molecule has 0 fully saturated rings. The summed E-state index contributed by atoms with van der Waals surface area (Å²) in [6.07, 6.45) is 0. The lowest BCUT2D eigenvalue weighted by Gasteiger charge is -2.00. The molecule has 1 rings (SSSR count). The molecule has 0 aliphatic carbocycles. The van der Waals surface area contributed by atoms with E-state index in [2.05, 4.69) is 9.85 Å². The summed E-state index contributed by atoms with van der Waals surface area (Å²) >= 11 is 0. The maximum absolute atomic E-state index is 11.1. The first-order valence-corrected chi connectivity index (χ1v) is 3.78. The van der Waals surface area contributed by atoms with Crippen LogP contribution in [0, 0.1) is 5.53 Å². The van der Waals surface area contributed by atoms with Gasteiger partial charge < -0.3 is 4.74 Å². The molecule has 13 heavy (non-hydrogen) atoms. The van der Waals surface area contributed by atoms with Gasteiger partial charge in [-0.1, -0.05) is 12.1 Å². The summed E-state index contributed by atoms with van der Waals surface area (Å²) < 4.78 is 4.55. The van der Waals surface area contributed by atoms with Crippen molar-refractivity contribution >= 4 is 5.97 Å². The molecule has 0 unspecified atom stereocenters. The molecule has 0 aromatic heterocycles. The zero-order valence-electron chi connectivity index (χ0n) is 7.28. The third kappa shape index (κ3) is 2.37. The van der Waals surface area contributed by atoms with E-state index in [1.807, 2.05) is 6.07 Å². The van der Waals surface area contributed by atoms with Crippen molar-refractivity contribution in [2.75, 3.05) is 7.11 Å². The molecule has 0 saturated heterocycles. The number of benzene rings is 1. The van der Waals surface area contributed by atoms with Crippen molar-refractivity contribution in [3.05, 3.63) is 35.4 Å². The van der Waals surface area contributed by atoms with E-state index in [1.165, 1.54) is 7.11 Å². The van der Waals surface area contributed by atoms with Crippen LogP contribution in [0.1, 0.15) is 15.9 Å². The van der Waals surface area contributed by atoms with Crippen molar-refractivity contribution in [3.63, 3.8) is 0 Å². The maximum Gasteiger partial charge on any atom is 0.337 e. The fourth-order valence-corrected chi connectivity index (χ4v) is 1.01. The van der Waals surface area contributed by atoms with Gasteiger partial charge in [-0.25, -0.2) is 10.3 Å². The molecule has 4 heteroatoms. The summed E-state index contributed by atoms with van der Waals surface area (Å²) in [6.45, 7) is 0.296. The second-order valence-corrected chi connectivity index (χ2v) is 2.51. The van der Waals surface area contributed by atoms with Crippen LogP contribution in [-0.4, -0.2) is 13.1 Å². The Morgan fingerprint density at radius 1 is 1.62 bits per heavy atom. The molecule has 0 heterocycles. The molecule has 1 aromatic carbocycles. The molecule has 1 N–H and O–H groups in total. The van der Waals surface area contributed by atoms with Crippen molar-refractivity contribution < 1.29 is 9.53 Å². The van der Waals surface area contributed by atoms with Gasteiger partial charge in [-0.2, -0.15) is 5.11 Å². The lowest BCUT2D eigenvalue weighted by molar-refractivity contribution is 0.0600. The second-order valence-electron chi connectivity index (χ2n) is 2.51. The van der Waals surface area contributed by atoms with E-state index in [0.29, 0.717) is 12.1 Å². The number of nitrogens with one attached hydrogen (secondary N) is 1. The number of rotatable bonds is 3. The highest BCUT2D eigenvalue weighted by atomic mass is 16.5. The van der Waals surface area contributed by atoms with Crippen LogP contribution in [0.25, 0.3) is 0 Å². The number of carbonyl (C=O) groups is 1. The van der Waals surface area contributed by atoms with Crippen LogP contribution in [-0.2, 0) is 11.3 Å². The Bertz CT molecular complexity index is 323. The lowest BCUT2D eigenvalue weighted by Crippen LogP contribution is -2.01. The van der Waals surface area contributed by atoms with Crippen molar-refractivity contribution in [2.45, 2.75) is 6.54 Å². The molecule has 4 nitrogen and oxygen atoms in total. The standard InChI is InChI=1S/C9H10N2O2/c1-13-9(12)8-4-2-3-7(5-8)6-11-10/h2-5,10H,6H2,1H3. The normalized spacial score (nSPS) is 9.31. The topological polar surface area (TPSA) is 62.5 Å². The van der Waals surface area contributed by atoms with Gasteiger partial charge in [0.05, 0.1) is 19.2 Å². The smallest absolute Gasteiger partial charge is 0.337 e. The molecule has 0 amide bonds. The van der Waals surface area contributed by atoms with E-state index in [1.54, 1.807) is 18.2 Å². The first-order chi connectivity index (χ1) is 6.27. The number of hydrogen-bond donors (Lipinski definition) is 1. The zero-order chi connectivity index (χ0) is 9.68. The fraction of sp³-hybridized carbons (Fsp3) is 0.222. The number of hydrogen-bond acceptors (Lipinski definition) is 4. The summed E-state index contributed by atoms with van der Waals surface area (Å²) in [4.78, 5) is 11.1. The Kier molecular flexibility index (Phi) is 3.14. The first-order valence-electron chi connectivity index (χ1n) is 3.78.